The molecule has 0 unspecified atom stereocenters. The summed E-state index contributed by atoms with van der Waals surface area (Å²) in [7, 11) is 0. The highest BCUT2D eigenvalue weighted by atomic mass is 79.9. The number of hydrogen-bond donors (Lipinski definition) is 2. The molecule has 7 heteroatoms. The molecular weight excluding hydrogens is 346 g/mol. The van der Waals surface area contributed by atoms with Crippen LogP contribution < -0.4 is 5.73 Å². The van der Waals surface area contributed by atoms with Crippen LogP contribution in [-0.4, -0.2) is 30.2 Å². The normalized spacial score (nSPS) is 12.4. The second-order valence-corrected chi connectivity index (χ2v) is 6.91. The summed E-state index contributed by atoms with van der Waals surface area (Å²) in [5.74, 6) is 1.24. The fourth-order valence-corrected chi connectivity index (χ4v) is 2.94. The van der Waals surface area contributed by atoms with Crippen molar-refractivity contribution in [3.8, 4) is 0 Å². The zero-order chi connectivity index (χ0) is 16.1. The first kappa shape index (κ1) is 15.2. The van der Waals surface area contributed by atoms with Crippen molar-refractivity contribution in [2.75, 3.05) is 5.73 Å². The van der Waals surface area contributed by atoms with Crippen LogP contribution in [0.3, 0.4) is 0 Å². The van der Waals surface area contributed by atoms with Crippen LogP contribution in [-0.2, 0) is 13.0 Å². The minimum atomic E-state index is -0.864. The Kier molecular flexibility index (Phi) is 3.57. The van der Waals surface area contributed by atoms with Crippen molar-refractivity contribution < 1.29 is 5.11 Å². The maximum absolute atomic E-state index is 10.2. The number of imidazole rings is 1. The Morgan fingerprint density at radius 3 is 2.68 bits per heavy atom. The Morgan fingerprint density at radius 1 is 1.32 bits per heavy atom. The van der Waals surface area contributed by atoms with Gasteiger partial charge >= 0.3 is 0 Å². The smallest absolute Gasteiger partial charge is 0.152 e. The number of aromatic nitrogens is 4. The third-order valence-corrected chi connectivity index (χ3v) is 3.88. The summed E-state index contributed by atoms with van der Waals surface area (Å²) in [5.41, 5.74) is 8.13. The van der Waals surface area contributed by atoms with Crippen molar-refractivity contribution in [1.82, 2.24) is 19.5 Å². The van der Waals surface area contributed by atoms with Crippen molar-refractivity contribution in [1.29, 1.82) is 0 Å². The monoisotopic (exact) mass is 363 g/mol. The lowest BCUT2D eigenvalue weighted by Gasteiger charge is -2.20. The predicted octanol–water partition coefficient (Wildman–Crippen LogP) is 2.66. The van der Waals surface area contributed by atoms with Gasteiger partial charge in [-0.2, -0.15) is 0 Å². The second kappa shape index (κ2) is 5.17. The number of fused-ring (bicyclic) bond motifs is 3. The van der Waals surface area contributed by atoms with Gasteiger partial charge in [-0.3, -0.25) is 4.98 Å². The fourth-order valence-electron chi connectivity index (χ4n) is 2.62. The van der Waals surface area contributed by atoms with Crippen LogP contribution in [0.5, 0.6) is 0 Å². The number of halogens is 1. The summed E-state index contributed by atoms with van der Waals surface area (Å²) < 4.78 is 2.84. The summed E-state index contributed by atoms with van der Waals surface area (Å²) >= 11 is 3.40. The molecule has 0 amide bonds. The van der Waals surface area contributed by atoms with Gasteiger partial charge in [0.15, 0.2) is 5.82 Å². The van der Waals surface area contributed by atoms with E-state index in [0.717, 1.165) is 27.8 Å². The van der Waals surface area contributed by atoms with E-state index in [2.05, 4.69) is 30.9 Å². The van der Waals surface area contributed by atoms with Gasteiger partial charge in [-0.15, -0.1) is 0 Å². The predicted molar refractivity (Wildman–Crippen MR) is 90.6 cm³/mol. The topological polar surface area (TPSA) is 89.9 Å². The molecule has 0 aliphatic carbocycles. The third-order valence-electron chi connectivity index (χ3n) is 3.45. The Labute approximate surface area is 136 Å². The zero-order valence-electron chi connectivity index (χ0n) is 12.8. The van der Waals surface area contributed by atoms with Crippen LogP contribution in [0.4, 0.5) is 5.82 Å². The van der Waals surface area contributed by atoms with E-state index in [9.17, 15) is 5.11 Å². The summed E-state index contributed by atoms with van der Waals surface area (Å²) in [4.78, 5) is 13.5. The molecule has 0 atom stereocenters. The molecular formula is C15H18BrN5O. The van der Waals surface area contributed by atoms with Crippen LogP contribution >= 0.6 is 15.9 Å². The Hall–Kier alpha value is -1.73. The zero-order valence-corrected chi connectivity index (χ0v) is 14.3. The molecule has 116 valence electrons. The molecule has 3 rings (SSSR count). The molecule has 0 spiro atoms. The molecule has 22 heavy (non-hydrogen) atoms. The van der Waals surface area contributed by atoms with Gasteiger partial charge in [0.2, 0.25) is 0 Å². The molecule has 3 heterocycles. The van der Waals surface area contributed by atoms with Gasteiger partial charge in [0.1, 0.15) is 22.4 Å². The van der Waals surface area contributed by atoms with Gasteiger partial charge in [-0.25, -0.2) is 9.97 Å². The molecule has 3 aromatic rings. The van der Waals surface area contributed by atoms with Crippen LogP contribution in [0.1, 0.15) is 26.6 Å². The summed E-state index contributed by atoms with van der Waals surface area (Å²) in [6.07, 6.45) is 2.47. The second-order valence-electron chi connectivity index (χ2n) is 6.00. The number of aliphatic hydroxyl groups is 1. The number of nitrogen functional groups attached to an aromatic ring is 1. The quantitative estimate of drug-likeness (QED) is 0.746. The Balaban J connectivity index is 2.43. The number of pyridine rings is 2. The van der Waals surface area contributed by atoms with Crippen molar-refractivity contribution in [2.45, 2.75) is 39.3 Å². The Morgan fingerprint density at radius 2 is 2.05 bits per heavy atom. The molecule has 0 aromatic carbocycles. The number of aryl methyl sites for hydroxylation is 1. The van der Waals surface area contributed by atoms with E-state index in [4.69, 9.17) is 5.73 Å². The first-order valence-electron chi connectivity index (χ1n) is 7.12. The van der Waals surface area contributed by atoms with Crippen molar-refractivity contribution >= 4 is 43.8 Å². The number of nitrogens with two attached hydrogens (primary N) is 1. The lowest BCUT2D eigenvalue weighted by molar-refractivity contribution is 0.0619. The summed E-state index contributed by atoms with van der Waals surface area (Å²) in [5, 5.41) is 10.2. The highest BCUT2D eigenvalue weighted by Gasteiger charge is 2.22. The summed E-state index contributed by atoms with van der Waals surface area (Å²) in [6, 6.07) is 1.88. The van der Waals surface area contributed by atoms with Crippen molar-refractivity contribution in [3.63, 3.8) is 0 Å². The first-order chi connectivity index (χ1) is 10.3. The summed E-state index contributed by atoms with van der Waals surface area (Å²) in [6.45, 7) is 5.99. The molecule has 0 fully saturated rings. The first-order valence-corrected chi connectivity index (χ1v) is 7.91. The maximum atomic E-state index is 10.2. The van der Waals surface area contributed by atoms with Crippen molar-refractivity contribution in [3.05, 3.63) is 22.6 Å². The lowest BCUT2D eigenvalue weighted by Crippen LogP contribution is -2.27. The van der Waals surface area contributed by atoms with Gasteiger partial charge in [-0.05, 0) is 35.8 Å². The number of rotatable bonds is 3. The number of anilines is 1. The molecule has 3 N–H and O–H groups in total. The molecule has 0 radical (unpaired) electrons. The average molecular weight is 364 g/mol. The standard InChI is InChI=1S/C15H18BrN5O/c1-4-10-20-12-13(21(10)7-15(2,3)22)11-9(19-14(12)17)5-8(16)6-18-11/h5-6,22H,4,7H2,1-3H3,(H2,17,19). The van der Waals surface area contributed by atoms with Gasteiger partial charge < -0.3 is 15.4 Å². The molecule has 0 bridgehead atoms. The third kappa shape index (κ3) is 2.55. The van der Waals surface area contributed by atoms with Crippen LogP contribution in [0, 0.1) is 0 Å². The molecule has 6 nitrogen and oxygen atoms in total. The van der Waals surface area contributed by atoms with Gasteiger partial charge in [0, 0.05) is 17.1 Å². The largest absolute Gasteiger partial charge is 0.389 e. The van der Waals surface area contributed by atoms with Gasteiger partial charge in [-0.1, -0.05) is 6.92 Å². The molecule has 0 aliphatic heterocycles. The van der Waals surface area contributed by atoms with Crippen molar-refractivity contribution in [2.24, 2.45) is 0 Å². The fraction of sp³-hybridized carbons (Fsp3) is 0.400. The maximum Gasteiger partial charge on any atom is 0.152 e. The van der Waals surface area contributed by atoms with Gasteiger partial charge in [0.25, 0.3) is 0 Å². The lowest BCUT2D eigenvalue weighted by atomic mass is 10.1. The van der Waals surface area contributed by atoms with E-state index < -0.39 is 5.60 Å². The van der Waals surface area contributed by atoms with E-state index in [1.807, 2.05) is 17.6 Å². The molecule has 0 aliphatic rings. The van der Waals surface area contributed by atoms with Gasteiger partial charge in [0.05, 0.1) is 17.7 Å². The number of hydrogen-bond acceptors (Lipinski definition) is 5. The van der Waals surface area contributed by atoms with E-state index in [0.29, 0.717) is 23.4 Å². The molecule has 3 aromatic heterocycles. The SMILES string of the molecule is CCc1nc2c(N)nc3cc(Br)cnc3c2n1CC(C)(C)O. The highest BCUT2D eigenvalue weighted by Crippen LogP contribution is 2.30. The number of nitrogens with zero attached hydrogens (tertiary/aromatic N) is 4. The van der Waals surface area contributed by atoms with Crippen LogP contribution in [0.15, 0.2) is 16.7 Å². The van der Waals surface area contributed by atoms with Crippen LogP contribution in [0.2, 0.25) is 0 Å². The van der Waals surface area contributed by atoms with E-state index in [1.165, 1.54) is 0 Å². The average Bonchev–Trinajstić information content (AvgIpc) is 2.76. The highest BCUT2D eigenvalue weighted by molar-refractivity contribution is 9.10. The van der Waals surface area contributed by atoms with E-state index in [1.54, 1.807) is 20.0 Å². The van der Waals surface area contributed by atoms with E-state index >= 15 is 0 Å². The van der Waals surface area contributed by atoms with E-state index in [-0.39, 0.29) is 0 Å². The Bertz CT molecular complexity index is 866. The molecule has 0 saturated carbocycles. The van der Waals surface area contributed by atoms with Crippen LogP contribution in [0.25, 0.3) is 22.1 Å². The minimum absolute atomic E-state index is 0.381. The molecule has 0 saturated heterocycles. The minimum Gasteiger partial charge on any atom is -0.389 e.